The second-order valence-corrected chi connectivity index (χ2v) is 11.1. The van der Waals surface area contributed by atoms with Crippen LogP contribution in [0.5, 0.6) is 11.5 Å². The molecule has 214 valence electrons. The number of ether oxygens (including phenoxy) is 2. The number of imidazole rings is 1. The van der Waals surface area contributed by atoms with Gasteiger partial charge in [-0.25, -0.2) is 4.98 Å². The number of hydrogen-bond acceptors (Lipinski definition) is 9. The van der Waals surface area contributed by atoms with Gasteiger partial charge in [0, 0.05) is 48.2 Å². The molecule has 1 saturated heterocycles. The second kappa shape index (κ2) is 11.0. The van der Waals surface area contributed by atoms with Gasteiger partial charge in [-0.2, -0.15) is 9.50 Å². The van der Waals surface area contributed by atoms with Gasteiger partial charge in [0.1, 0.15) is 34.4 Å². The fourth-order valence-electron chi connectivity index (χ4n) is 5.14. The van der Waals surface area contributed by atoms with Gasteiger partial charge in [-0.3, -0.25) is 4.79 Å². The van der Waals surface area contributed by atoms with Gasteiger partial charge in [-0.05, 0) is 37.5 Å². The number of fused-ring (bicyclic) bond motifs is 2. The fraction of sp³-hybridized carbons (Fsp3) is 0.290. The van der Waals surface area contributed by atoms with E-state index >= 15 is 0 Å². The van der Waals surface area contributed by atoms with Gasteiger partial charge in [-0.15, -0.1) is 16.4 Å². The normalized spacial score (nSPS) is 13.7. The maximum Gasteiger partial charge on any atom is 0.325 e. The molecule has 4 aromatic heterocycles. The first-order chi connectivity index (χ1) is 20.6. The first kappa shape index (κ1) is 26.3. The number of methoxy groups -OCH3 is 1. The largest absolute Gasteiger partial charge is 0.496 e. The van der Waals surface area contributed by atoms with Crippen molar-refractivity contribution in [1.29, 1.82) is 0 Å². The SMILES string of the molecule is CCc1nn2cc(-c3cc4c(OCc5csc(-c6ccc(C(=O)N7CCCCC7)cc6)n5)cc(OC)cc4o3)nc2o1. The summed E-state index contributed by atoms with van der Waals surface area (Å²) in [5.74, 6) is 2.94. The molecule has 5 heterocycles. The number of benzene rings is 2. The number of carbonyl (C=O) groups excluding carboxylic acids is 1. The van der Waals surface area contributed by atoms with Crippen LogP contribution in [0.2, 0.25) is 0 Å². The quantitative estimate of drug-likeness (QED) is 0.196. The molecule has 0 bridgehead atoms. The van der Waals surface area contributed by atoms with E-state index in [1.807, 2.05) is 59.7 Å². The smallest absolute Gasteiger partial charge is 0.325 e. The molecule has 2 aromatic carbocycles. The summed E-state index contributed by atoms with van der Waals surface area (Å²) in [5.41, 5.74) is 3.71. The van der Waals surface area contributed by atoms with Crippen molar-refractivity contribution in [2.24, 2.45) is 0 Å². The zero-order valence-electron chi connectivity index (χ0n) is 23.3. The van der Waals surface area contributed by atoms with Gasteiger partial charge >= 0.3 is 5.84 Å². The van der Waals surface area contributed by atoms with Gasteiger partial charge in [0.15, 0.2) is 5.76 Å². The van der Waals surface area contributed by atoms with Crippen molar-refractivity contribution >= 4 is 34.1 Å². The number of nitrogens with zero attached hydrogens (tertiary/aromatic N) is 5. The van der Waals surface area contributed by atoms with E-state index in [0.717, 1.165) is 47.6 Å². The Bertz CT molecular complexity index is 1850. The Morgan fingerprint density at radius 2 is 1.88 bits per heavy atom. The lowest BCUT2D eigenvalue weighted by Gasteiger charge is -2.26. The second-order valence-electron chi connectivity index (χ2n) is 10.2. The van der Waals surface area contributed by atoms with Crippen LogP contribution in [-0.4, -0.2) is 50.6 Å². The van der Waals surface area contributed by atoms with Crippen LogP contribution in [0.1, 0.15) is 48.1 Å². The molecule has 10 nitrogen and oxygen atoms in total. The summed E-state index contributed by atoms with van der Waals surface area (Å²) in [7, 11) is 1.60. The number of amides is 1. The summed E-state index contributed by atoms with van der Waals surface area (Å²) in [5, 5.41) is 8.02. The highest BCUT2D eigenvalue weighted by Gasteiger charge is 2.20. The number of likely N-dealkylation sites (tertiary alicyclic amines) is 1. The van der Waals surface area contributed by atoms with Crippen LogP contribution in [0.15, 0.2) is 62.9 Å². The van der Waals surface area contributed by atoms with Gasteiger partial charge in [0.05, 0.1) is 24.4 Å². The number of carbonyl (C=O) groups is 1. The van der Waals surface area contributed by atoms with E-state index in [9.17, 15) is 4.79 Å². The molecule has 0 N–H and O–H groups in total. The van der Waals surface area contributed by atoms with Crippen molar-refractivity contribution in [3.63, 3.8) is 0 Å². The Hall–Kier alpha value is -4.64. The molecule has 6 aromatic rings. The number of piperidine rings is 1. The molecule has 0 aliphatic carbocycles. The average Bonchev–Trinajstić information content (AvgIpc) is 3.82. The Morgan fingerprint density at radius 1 is 1.05 bits per heavy atom. The van der Waals surface area contributed by atoms with Gasteiger partial charge in [-0.1, -0.05) is 19.1 Å². The van der Waals surface area contributed by atoms with Crippen molar-refractivity contribution in [2.75, 3.05) is 20.2 Å². The zero-order chi connectivity index (χ0) is 28.6. The summed E-state index contributed by atoms with van der Waals surface area (Å²) in [6, 6.07) is 13.3. The predicted octanol–water partition coefficient (Wildman–Crippen LogP) is 6.64. The van der Waals surface area contributed by atoms with Crippen LogP contribution in [0.25, 0.3) is 38.8 Å². The van der Waals surface area contributed by atoms with E-state index in [1.54, 1.807) is 29.2 Å². The summed E-state index contributed by atoms with van der Waals surface area (Å²) >= 11 is 1.54. The van der Waals surface area contributed by atoms with Gasteiger partial charge in [0.25, 0.3) is 5.91 Å². The lowest BCUT2D eigenvalue weighted by atomic mass is 10.1. The third-order valence-electron chi connectivity index (χ3n) is 7.40. The van der Waals surface area contributed by atoms with Gasteiger partial charge in [0.2, 0.25) is 5.89 Å². The highest BCUT2D eigenvalue weighted by atomic mass is 32.1. The van der Waals surface area contributed by atoms with E-state index in [4.69, 9.17) is 23.3 Å². The molecule has 1 aliphatic heterocycles. The lowest BCUT2D eigenvalue weighted by Crippen LogP contribution is -2.35. The van der Waals surface area contributed by atoms with Crippen molar-refractivity contribution in [3.05, 3.63) is 71.2 Å². The first-order valence-corrected chi connectivity index (χ1v) is 14.9. The molecule has 1 fully saturated rings. The van der Waals surface area contributed by atoms with Crippen molar-refractivity contribution in [3.8, 4) is 33.5 Å². The van der Waals surface area contributed by atoms with Crippen LogP contribution in [0.3, 0.4) is 0 Å². The highest BCUT2D eigenvalue weighted by molar-refractivity contribution is 7.13. The Labute approximate surface area is 245 Å². The Balaban J connectivity index is 1.08. The summed E-state index contributed by atoms with van der Waals surface area (Å²) in [6.45, 7) is 3.92. The molecule has 42 heavy (non-hydrogen) atoms. The molecular formula is C31H29N5O5S. The number of aromatic nitrogens is 4. The minimum atomic E-state index is 0.103. The first-order valence-electron chi connectivity index (χ1n) is 14.0. The van der Waals surface area contributed by atoms with Crippen molar-refractivity contribution in [1.82, 2.24) is 24.5 Å². The van der Waals surface area contributed by atoms with Crippen LogP contribution in [-0.2, 0) is 13.0 Å². The van der Waals surface area contributed by atoms with E-state index in [0.29, 0.717) is 52.3 Å². The maximum absolute atomic E-state index is 12.8. The highest BCUT2D eigenvalue weighted by Crippen LogP contribution is 2.37. The van der Waals surface area contributed by atoms with E-state index in [2.05, 4.69) is 10.1 Å². The van der Waals surface area contributed by atoms with Crippen LogP contribution < -0.4 is 9.47 Å². The lowest BCUT2D eigenvalue weighted by molar-refractivity contribution is 0.0724. The molecule has 0 unspecified atom stereocenters. The monoisotopic (exact) mass is 583 g/mol. The van der Waals surface area contributed by atoms with Crippen LogP contribution in [0, 0.1) is 0 Å². The van der Waals surface area contributed by atoms with Crippen molar-refractivity contribution in [2.45, 2.75) is 39.2 Å². The fourth-order valence-corrected chi connectivity index (χ4v) is 5.95. The van der Waals surface area contributed by atoms with E-state index < -0.39 is 0 Å². The van der Waals surface area contributed by atoms with E-state index in [-0.39, 0.29) is 12.5 Å². The molecule has 11 heteroatoms. The average molecular weight is 584 g/mol. The zero-order valence-corrected chi connectivity index (χ0v) is 24.1. The minimum Gasteiger partial charge on any atom is -0.496 e. The maximum atomic E-state index is 12.8. The Kier molecular flexibility index (Phi) is 6.87. The minimum absolute atomic E-state index is 0.103. The topological polar surface area (TPSA) is 108 Å². The van der Waals surface area contributed by atoms with Crippen LogP contribution >= 0.6 is 11.3 Å². The van der Waals surface area contributed by atoms with Crippen LogP contribution in [0.4, 0.5) is 0 Å². The third kappa shape index (κ3) is 5.00. The predicted molar refractivity (Wildman–Crippen MR) is 158 cm³/mol. The molecular weight excluding hydrogens is 554 g/mol. The number of aryl methyl sites for hydroxylation is 1. The molecule has 1 aliphatic rings. The summed E-state index contributed by atoms with van der Waals surface area (Å²) in [4.78, 5) is 24.1. The number of hydrogen-bond donors (Lipinski definition) is 0. The molecule has 0 radical (unpaired) electrons. The number of furan rings is 1. The summed E-state index contributed by atoms with van der Waals surface area (Å²) < 4.78 is 25.1. The standard InChI is InChI=1S/C31H29N5O5S/c1-3-28-34-36-16-24(33-31(36)41-28)27-15-23-25(13-22(38-2)14-26(23)40-27)39-17-21-18-42-29(32-21)19-7-9-20(10-8-19)30(37)35-11-5-4-6-12-35/h7-10,13-16,18H,3-6,11-12,17H2,1-2H3. The summed E-state index contributed by atoms with van der Waals surface area (Å²) in [6.07, 6.45) is 5.82. The molecule has 0 spiro atoms. The molecule has 1 amide bonds. The Morgan fingerprint density at radius 3 is 2.64 bits per heavy atom. The third-order valence-corrected chi connectivity index (χ3v) is 8.34. The van der Waals surface area contributed by atoms with Crippen molar-refractivity contribution < 1.29 is 23.1 Å². The molecule has 0 saturated carbocycles. The molecule has 0 atom stereocenters. The van der Waals surface area contributed by atoms with Gasteiger partial charge < -0.3 is 23.2 Å². The number of rotatable bonds is 8. The van der Waals surface area contributed by atoms with E-state index in [1.165, 1.54) is 6.42 Å². The molecule has 7 rings (SSSR count). The number of thiazole rings is 1.